The van der Waals surface area contributed by atoms with Crippen LogP contribution in [0, 0.1) is 0 Å². The minimum atomic E-state index is -2.79. The van der Waals surface area contributed by atoms with E-state index in [0.717, 1.165) is 0 Å². The Kier molecular flexibility index (Phi) is 4.20. The summed E-state index contributed by atoms with van der Waals surface area (Å²) in [6, 6.07) is 6.98. The van der Waals surface area contributed by atoms with E-state index in [2.05, 4.69) is 20.5 Å². The van der Waals surface area contributed by atoms with Crippen molar-refractivity contribution in [3.8, 4) is 0 Å². The Hall–Kier alpha value is -2.90. The average molecular weight is 348 g/mol. The van der Waals surface area contributed by atoms with Crippen LogP contribution in [0.15, 0.2) is 36.5 Å². The number of carbonyl (C=O) groups is 1. The first-order valence-corrected chi connectivity index (χ1v) is 7.48. The molecule has 2 aromatic heterocycles. The van der Waals surface area contributed by atoms with Gasteiger partial charge in [0.2, 0.25) is 0 Å². The number of hydrogen-bond donors (Lipinski definition) is 2. The van der Waals surface area contributed by atoms with E-state index in [1.807, 2.05) is 0 Å². The third kappa shape index (κ3) is 3.47. The molecule has 0 spiro atoms. The van der Waals surface area contributed by atoms with Gasteiger partial charge in [-0.1, -0.05) is 6.07 Å². The molecule has 0 fully saturated rings. The molecule has 0 aliphatic heterocycles. The first-order chi connectivity index (χ1) is 11.8. The largest absolute Gasteiger partial charge is 0.320 e. The molecule has 1 amide bonds. The summed E-state index contributed by atoms with van der Waals surface area (Å²) >= 11 is 0. The normalized spacial score (nSPS) is 11.9. The van der Waals surface area contributed by atoms with E-state index in [4.69, 9.17) is 0 Å². The van der Waals surface area contributed by atoms with Gasteiger partial charge in [0.15, 0.2) is 0 Å². The minimum Gasteiger partial charge on any atom is -0.320 e. The van der Waals surface area contributed by atoms with E-state index in [1.165, 1.54) is 50.4 Å². The summed E-state index contributed by atoms with van der Waals surface area (Å²) in [5, 5.41) is 9.38. The van der Waals surface area contributed by atoms with Crippen molar-refractivity contribution >= 4 is 22.5 Å². The van der Waals surface area contributed by atoms with Crippen LogP contribution < -0.4 is 5.32 Å². The van der Waals surface area contributed by atoms with Crippen LogP contribution in [-0.4, -0.2) is 21.1 Å². The fourth-order valence-electron chi connectivity index (χ4n) is 2.38. The van der Waals surface area contributed by atoms with E-state index in [0.29, 0.717) is 10.9 Å². The summed E-state index contributed by atoms with van der Waals surface area (Å²) in [7, 11) is 0. The van der Waals surface area contributed by atoms with Crippen LogP contribution in [0.4, 0.5) is 18.9 Å². The average Bonchev–Trinajstić information content (AvgIpc) is 3.00. The van der Waals surface area contributed by atoms with Gasteiger partial charge in [0.25, 0.3) is 12.3 Å². The number of alkyl halides is 3. The molecule has 8 heteroatoms. The van der Waals surface area contributed by atoms with E-state index in [9.17, 15) is 18.0 Å². The zero-order valence-corrected chi connectivity index (χ0v) is 13.5. The molecule has 3 rings (SSSR count). The van der Waals surface area contributed by atoms with E-state index >= 15 is 0 Å². The zero-order chi connectivity index (χ0) is 18.2. The van der Waals surface area contributed by atoms with Crippen LogP contribution in [0.25, 0.3) is 10.9 Å². The maximum atomic E-state index is 14.0. The number of rotatable bonds is 4. The predicted molar refractivity (Wildman–Crippen MR) is 87.4 cm³/mol. The molecule has 0 unspecified atom stereocenters. The Bertz CT molecular complexity index is 931. The molecule has 2 N–H and O–H groups in total. The van der Waals surface area contributed by atoms with Crippen molar-refractivity contribution in [3.05, 3.63) is 53.5 Å². The van der Waals surface area contributed by atoms with Crippen molar-refractivity contribution in [1.82, 2.24) is 15.2 Å². The molecular weight excluding hydrogens is 333 g/mol. The number of amides is 1. The highest BCUT2D eigenvalue weighted by molar-refractivity contribution is 6.04. The lowest BCUT2D eigenvalue weighted by Crippen LogP contribution is -2.18. The number of carbonyl (C=O) groups excluding carboxylic acids is 1. The fraction of sp³-hybridized carbons (Fsp3) is 0.235. The Morgan fingerprint density at radius 3 is 2.72 bits per heavy atom. The summed E-state index contributed by atoms with van der Waals surface area (Å²) in [5.41, 5.74) is -1.64. The van der Waals surface area contributed by atoms with Crippen molar-refractivity contribution < 1.29 is 18.0 Å². The molecule has 3 aromatic rings. The Morgan fingerprint density at radius 2 is 2.04 bits per heavy atom. The van der Waals surface area contributed by atoms with Crippen molar-refractivity contribution in [2.45, 2.75) is 25.9 Å². The molecule has 0 atom stereocenters. The number of aromatic amines is 1. The van der Waals surface area contributed by atoms with E-state index < -0.39 is 18.0 Å². The molecule has 130 valence electrons. The summed E-state index contributed by atoms with van der Waals surface area (Å²) < 4.78 is 40.6. The van der Waals surface area contributed by atoms with Crippen LogP contribution >= 0.6 is 0 Å². The van der Waals surface area contributed by atoms with E-state index in [-0.39, 0.29) is 22.6 Å². The number of benzene rings is 1. The van der Waals surface area contributed by atoms with E-state index in [1.54, 1.807) is 0 Å². The number of nitrogens with zero attached hydrogens (tertiary/aromatic N) is 2. The molecule has 0 bridgehead atoms. The molecule has 5 nitrogen and oxygen atoms in total. The van der Waals surface area contributed by atoms with Gasteiger partial charge in [-0.3, -0.25) is 9.89 Å². The second-order valence-corrected chi connectivity index (χ2v) is 6.03. The molecule has 0 aliphatic carbocycles. The molecule has 0 radical (unpaired) electrons. The number of fused-ring (bicyclic) bond motifs is 1. The molecule has 0 saturated heterocycles. The smallest absolute Gasteiger partial charge is 0.274 e. The Morgan fingerprint density at radius 1 is 1.28 bits per heavy atom. The monoisotopic (exact) mass is 348 g/mol. The van der Waals surface area contributed by atoms with Crippen molar-refractivity contribution in [3.63, 3.8) is 0 Å². The number of anilines is 1. The second-order valence-electron chi connectivity index (χ2n) is 6.03. The summed E-state index contributed by atoms with van der Waals surface area (Å²) in [5.74, 6) is -0.698. The summed E-state index contributed by atoms with van der Waals surface area (Å²) in [6.45, 7) is 2.64. The SMILES string of the molecule is CC(C)(F)c1cccc(C(=O)Nc2cc3cn[nH]c3cc2C(F)F)n1. The number of pyridine rings is 1. The van der Waals surface area contributed by atoms with Gasteiger partial charge in [-0.15, -0.1) is 0 Å². The highest BCUT2D eigenvalue weighted by Crippen LogP contribution is 2.31. The zero-order valence-electron chi connectivity index (χ0n) is 13.5. The number of aromatic nitrogens is 3. The summed E-state index contributed by atoms with van der Waals surface area (Å²) in [6.07, 6.45) is -1.32. The van der Waals surface area contributed by atoms with Crippen LogP contribution in [0.5, 0.6) is 0 Å². The molecule has 2 heterocycles. The minimum absolute atomic E-state index is 0.0411. The third-order valence-electron chi connectivity index (χ3n) is 3.68. The first kappa shape index (κ1) is 16.9. The maximum Gasteiger partial charge on any atom is 0.274 e. The Balaban J connectivity index is 1.95. The standard InChI is InChI=1S/C17H15F3N4O/c1-17(2,20)14-5-3-4-11(22-14)16(25)23-13-6-9-8-21-24-12(9)7-10(13)15(18)19/h3-8,15H,1-2H3,(H,21,24)(H,23,25). The van der Waals surface area contributed by atoms with Gasteiger partial charge in [0.1, 0.15) is 11.4 Å². The molecule has 1 aromatic carbocycles. The first-order valence-electron chi connectivity index (χ1n) is 7.48. The third-order valence-corrected chi connectivity index (χ3v) is 3.68. The van der Waals surface area contributed by atoms with Crippen LogP contribution in [0.2, 0.25) is 0 Å². The van der Waals surface area contributed by atoms with Crippen molar-refractivity contribution in [1.29, 1.82) is 0 Å². The van der Waals surface area contributed by atoms with Gasteiger partial charge in [-0.25, -0.2) is 18.2 Å². The topological polar surface area (TPSA) is 70.7 Å². The van der Waals surface area contributed by atoms with Crippen LogP contribution in [-0.2, 0) is 5.67 Å². The molecule has 0 aliphatic rings. The van der Waals surface area contributed by atoms with Gasteiger partial charge in [-0.2, -0.15) is 5.10 Å². The lowest BCUT2D eigenvalue weighted by molar-refractivity contribution is 0.102. The van der Waals surface area contributed by atoms with Crippen molar-refractivity contribution in [2.75, 3.05) is 5.32 Å². The predicted octanol–water partition coefficient (Wildman–Crippen LogP) is 4.35. The van der Waals surface area contributed by atoms with Crippen LogP contribution in [0.3, 0.4) is 0 Å². The number of nitrogens with one attached hydrogen (secondary N) is 2. The lowest BCUT2D eigenvalue weighted by Gasteiger charge is -2.15. The van der Waals surface area contributed by atoms with Gasteiger partial charge in [-0.05, 0) is 38.1 Å². The summed E-state index contributed by atoms with van der Waals surface area (Å²) in [4.78, 5) is 16.4. The fourth-order valence-corrected chi connectivity index (χ4v) is 2.38. The van der Waals surface area contributed by atoms with Crippen molar-refractivity contribution in [2.24, 2.45) is 0 Å². The van der Waals surface area contributed by atoms with Gasteiger partial charge in [0, 0.05) is 10.9 Å². The van der Waals surface area contributed by atoms with Crippen LogP contribution in [0.1, 0.15) is 42.0 Å². The molecule has 25 heavy (non-hydrogen) atoms. The molecule has 0 saturated carbocycles. The second kappa shape index (κ2) is 6.19. The molecular formula is C17H15F3N4O. The number of H-pyrrole nitrogens is 1. The number of halogens is 3. The lowest BCUT2D eigenvalue weighted by atomic mass is 10.1. The van der Waals surface area contributed by atoms with Gasteiger partial charge in [0.05, 0.1) is 23.1 Å². The quantitative estimate of drug-likeness (QED) is 0.736. The van der Waals surface area contributed by atoms with Gasteiger partial charge >= 0.3 is 0 Å². The van der Waals surface area contributed by atoms with Gasteiger partial charge < -0.3 is 5.32 Å². The number of hydrogen-bond acceptors (Lipinski definition) is 3. The highest BCUT2D eigenvalue weighted by Gasteiger charge is 2.23. The maximum absolute atomic E-state index is 14.0. The Labute approximate surface area is 141 Å². The highest BCUT2D eigenvalue weighted by atomic mass is 19.3.